The highest BCUT2D eigenvalue weighted by Gasteiger charge is 2.26. The second-order valence-corrected chi connectivity index (χ2v) is 15.1. The first-order chi connectivity index (χ1) is 21.2. The Labute approximate surface area is 270 Å². The summed E-state index contributed by atoms with van der Waals surface area (Å²) in [6.45, 7) is 4.76. The van der Waals surface area contributed by atoms with E-state index in [1.54, 1.807) is 22.1 Å². The summed E-state index contributed by atoms with van der Waals surface area (Å²) in [7, 11) is -2.11. The molecule has 3 rings (SSSR count). The minimum atomic E-state index is -3.44. The van der Waals surface area contributed by atoms with Crippen molar-refractivity contribution in [2.45, 2.75) is 97.1 Å². The van der Waals surface area contributed by atoms with E-state index in [0.717, 1.165) is 47.4 Å². The topological polar surface area (TPSA) is 92.8 Å². The van der Waals surface area contributed by atoms with E-state index >= 15 is 0 Å². The zero-order valence-corrected chi connectivity index (χ0v) is 28.7. The van der Waals surface area contributed by atoms with Gasteiger partial charge in [-0.25, -0.2) is 13.2 Å². The maximum Gasteiger partial charge on any atom is 0.328 e. The van der Waals surface area contributed by atoms with E-state index in [0.29, 0.717) is 30.7 Å². The Balaban J connectivity index is 1.88. The first-order valence-electron chi connectivity index (χ1n) is 16.2. The number of benzene rings is 2. The fourth-order valence-electron chi connectivity index (χ4n) is 6.02. The standard InChI is InChI=1S/C35H52N2O5S2/c1-5-6-24-44(40,41)37(22-13-12-17-28-15-8-7-9-16-28)26-29-19-20-31(32(25-29)30-18-11-10-14-27(30)2)34(38)36-33(21-23-43-4)35(39)42-3/h10-11,14,18-20,25,28,33H,5-9,12-13,15-17,21-24,26H2,1-4H3,(H,36,38)/t33-/m0/s1. The molecule has 1 saturated carbocycles. The molecule has 1 atom stereocenters. The van der Waals surface area contributed by atoms with Crippen LogP contribution in [0, 0.1) is 12.8 Å². The van der Waals surface area contributed by atoms with E-state index in [2.05, 4.69) is 5.32 Å². The van der Waals surface area contributed by atoms with Crippen LogP contribution >= 0.6 is 11.8 Å². The number of esters is 1. The second kappa shape index (κ2) is 18.6. The molecule has 0 unspecified atom stereocenters. The van der Waals surface area contributed by atoms with Crippen molar-refractivity contribution in [3.05, 3.63) is 59.2 Å². The maximum absolute atomic E-state index is 13.6. The Bertz CT molecular complexity index is 1310. The number of thioether (sulfide) groups is 1. The molecule has 2 aromatic rings. The first-order valence-corrected chi connectivity index (χ1v) is 19.2. The third-order valence-corrected chi connectivity index (χ3v) is 11.2. The van der Waals surface area contributed by atoms with Crippen LogP contribution in [0.5, 0.6) is 0 Å². The highest BCUT2D eigenvalue weighted by Crippen LogP contribution is 2.30. The van der Waals surface area contributed by atoms with Crippen LogP contribution < -0.4 is 5.32 Å². The van der Waals surface area contributed by atoms with Gasteiger partial charge in [0.25, 0.3) is 5.91 Å². The molecule has 2 aromatic carbocycles. The van der Waals surface area contributed by atoms with Gasteiger partial charge in [0.2, 0.25) is 10.0 Å². The number of aryl methyl sites for hydroxylation is 1. The number of nitrogens with zero attached hydrogens (tertiary/aromatic N) is 1. The van der Waals surface area contributed by atoms with Gasteiger partial charge in [0.1, 0.15) is 6.04 Å². The molecule has 0 heterocycles. The van der Waals surface area contributed by atoms with Crippen LogP contribution in [0.25, 0.3) is 11.1 Å². The van der Waals surface area contributed by atoms with E-state index in [9.17, 15) is 18.0 Å². The fraction of sp³-hybridized carbons (Fsp3) is 0.600. The van der Waals surface area contributed by atoms with Gasteiger partial charge in [0, 0.05) is 18.7 Å². The number of amides is 1. The summed E-state index contributed by atoms with van der Waals surface area (Å²) in [4.78, 5) is 26.1. The minimum absolute atomic E-state index is 0.141. The Morgan fingerprint density at radius 2 is 1.80 bits per heavy atom. The van der Waals surface area contributed by atoms with Crippen LogP contribution in [0.4, 0.5) is 0 Å². The largest absolute Gasteiger partial charge is 0.467 e. The van der Waals surface area contributed by atoms with Crippen LogP contribution in [0.1, 0.15) is 99.0 Å². The molecule has 1 fully saturated rings. The predicted octanol–water partition coefficient (Wildman–Crippen LogP) is 7.37. The highest BCUT2D eigenvalue weighted by molar-refractivity contribution is 7.98. The number of ether oxygens (including phenoxy) is 1. The van der Waals surface area contributed by atoms with Crippen LogP contribution in [-0.4, -0.2) is 62.1 Å². The Kier molecular flexibility index (Phi) is 15.2. The van der Waals surface area contributed by atoms with Crippen molar-refractivity contribution in [1.29, 1.82) is 0 Å². The SMILES string of the molecule is CCCCS(=O)(=O)N(CCCCC1CCCCC1)Cc1ccc(C(=O)N[C@@H](CCSC)C(=O)OC)c(-c2ccccc2C)c1. The molecule has 1 N–H and O–H groups in total. The number of carbonyl (C=O) groups is 2. The molecule has 0 saturated heterocycles. The average molecular weight is 645 g/mol. The average Bonchev–Trinajstić information content (AvgIpc) is 3.03. The molecule has 1 aliphatic rings. The summed E-state index contributed by atoms with van der Waals surface area (Å²) in [5, 5.41) is 2.88. The summed E-state index contributed by atoms with van der Waals surface area (Å²) < 4.78 is 33.6. The minimum Gasteiger partial charge on any atom is -0.467 e. The van der Waals surface area contributed by atoms with E-state index in [-0.39, 0.29) is 18.2 Å². The summed E-state index contributed by atoms with van der Waals surface area (Å²) in [6, 6.07) is 12.6. The van der Waals surface area contributed by atoms with Gasteiger partial charge in [-0.05, 0) is 78.5 Å². The number of unbranched alkanes of at least 4 members (excludes halogenated alkanes) is 2. The number of hydrogen-bond acceptors (Lipinski definition) is 6. The molecule has 9 heteroatoms. The zero-order chi connectivity index (χ0) is 32.0. The van der Waals surface area contributed by atoms with E-state index in [1.165, 1.54) is 45.6 Å². The fourth-order valence-corrected chi connectivity index (χ4v) is 8.16. The van der Waals surface area contributed by atoms with Crippen molar-refractivity contribution >= 4 is 33.7 Å². The molecular formula is C35H52N2O5S2. The number of nitrogens with one attached hydrogen (secondary N) is 1. The van der Waals surface area contributed by atoms with Gasteiger partial charge in [-0.1, -0.05) is 88.6 Å². The lowest BCUT2D eigenvalue weighted by molar-refractivity contribution is -0.142. The summed E-state index contributed by atoms with van der Waals surface area (Å²) >= 11 is 1.60. The molecule has 1 aliphatic carbocycles. The van der Waals surface area contributed by atoms with Crippen LogP contribution in [-0.2, 0) is 26.1 Å². The maximum atomic E-state index is 13.6. The third kappa shape index (κ3) is 10.9. The monoisotopic (exact) mass is 644 g/mol. The highest BCUT2D eigenvalue weighted by atomic mass is 32.2. The number of carbonyl (C=O) groups excluding carboxylic acids is 2. The lowest BCUT2D eigenvalue weighted by atomic mass is 9.86. The van der Waals surface area contributed by atoms with E-state index < -0.39 is 22.0 Å². The Hall–Kier alpha value is -2.36. The normalized spacial score (nSPS) is 14.8. The van der Waals surface area contributed by atoms with Gasteiger partial charge < -0.3 is 10.1 Å². The summed E-state index contributed by atoms with van der Waals surface area (Å²) in [6.07, 6.45) is 13.5. The lowest BCUT2D eigenvalue weighted by Gasteiger charge is -2.25. The molecule has 44 heavy (non-hydrogen) atoms. The molecule has 1 amide bonds. The predicted molar refractivity (Wildman–Crippen MR) is 182 cm³/mol. The quantitative estimate of drug-likeness (QED) is 0.135. The molecule has 0 spiro atoms. The van der Waals surface area contributed by atoms with Gasteiger partial charge in [-0.3, -0.25) is 4.79 Å². The van der Waals surface area contributed by atoms with Gasteiger partial charge in [-0.15, -0.1) is 0 Å². The summed E-state index contributed by atoms with van der Waals surface area (Å²) in [5.41, 5.74) is 3.88. The smallest absolute Gasteiger partial charge is 0.328 e. The van der Waals surface area contributed by atoms with Crippen molar-refractivity contribution in [2.75, 3.05) is 31.4 Å². The van der Waals surface area contributed by atoms with Gasteiger partial charge in [-0.2, -0.15) is 16.1 Å². The Morgan fingerprint density at radius 1 is 1.05 bits per heavy atom. The second-order valence-electron chi connectivity index (χ2n) is 12.0. The molecule has 0 bridgehead atoms. The van der Waals surface area contributed by atoms with Crippen molar-refractivity contribution in [2.24, 2.45) is 5.92 Å². The third-order valence-electron chi connectivity index (χ3n) is 8.67. The lowest BCUT2D eigenvalue weighted by Crippen LogP contribution is -2.42. The number of methoxy groups -OCH3 is 1. The van der Waals surface area contributed by atoms with Crippen LogP contribution in [0.2, 0.25) is 0 Å². The zero-order valence-electron chi connectivity index (χ0n) is 27.1. The number of sulfonamides is 1. The number of hydrogen-bond donors (Lipinski definition) is 1. The molecule has 0 aromatic heterocycles. The van der Waals surface area contributed by atoms with Crippen LogP contribution in [0.15, 0.2) is 42.5 Å². The number of rotatable bonds is 18. The van der Waals surface area contributed by atoms with Crippen molar-refractivity contribution < 1.29 is 22.7 Å². The van der Waals surface area contributed by atoms with Crippen molar-refractivity contribution in [3.63, 3.8) is 0 Å². The van der Waals surface area contributed by atoms with Crippen molar-refractivity contribution in [1.82, 2.24) is 9.62 Å². The molecule has 244 valence electrons. The molecular weight excluding hydrogens is 593 g/mol. The van der Waals surface area contributed by atoms with E-state index in [1.807, 2.05) is 56.5 Å². The first kappa shape index (κ1) is 36.1. The molecule has 0 aliphatic heterocycles. The van der Waals surface area contributed by atoms with Gasteiger partial charge in [0.05, 0.1) is 12.9 Å². The van der Waals surface area contributed by atoms with Gasteiger partial charge >= 0.3 is 5.97 Å². The van der Waals surface area contributed by atoms with Crippen molar-refractivity contribution in [3.8, 4) is 11.1 Å². The van der Waals surface area contributed by atoms with Crippen LogP contribution in [0.3, 0.4) is 0 Å². The Morgan fingerprint density at radius 3 is 2.48 bits per heavy atom. The molecule has 0 radical (unpaired) electrons. The van der Waals surface area contributed by atoms with Gasteiger partial charge in [0.15, 0.2) is 0 Å². The molecule has 7 nitrogen and oxygen atoms in total. The van der Waals surface area contributed by atoms with E-state index in [4.69, 9.17) is 4.74 Å². The summed E-state index contributed by atoms with van der Waals surface area (Å²) in [5.74, 6) is 0.789.